The summed E-state index contributed by atoms with van der Waals surface area (Å²) in [7, 11) is 1.25. The summed E-state index contributed by atoms with van der Waals surface area (Å²) in [6.45, 7) is 2.15. The first-order valence-electron chi connectivity index (χ1n) is 5.78. The molecule has 0 fully saturated rings. The van der Waals surface area contributed by atoms with Crippen LogP contribution in [0.25, 0.3) is 0 Å². The highest BCUT2D eigenvalue weighted by Crippen LogP contribution is 2.05. The Morgan fingerprint density at radius 1 is 1.31 bits per heavy atom. The molecule has 1 N–H and O–H groups in total. The molecule has 0 aromatic heterocycles. The highest BCUT2D eigenvalue weighted by Gasteiger charge is 2.03. The molecular formula is C13H21NOS. The van der Waals surface area contributed by atoms with Crippen molar-refractivity contribution in [1.29, 1.82) is 0 Å². The van der Waals surface area contributed by atoms with Gasteiger partial charge in [-0.1, -0.05) is 30.3 Å². The molecule has 0 aliphatic heterocycles. The first kappa shape index (κ1) is 13.4. The van der Waals surface area contributed by atoms with Gasteiger partial charge in [-0.3, -0.25) is 4.21 Å². The second-order valence-corrected chi connectivity index (χ2v) is 5.68. The molecule has 1 aromatic carbocycles. The predicted molar refractivity (Wildman–Crippen MR) is 70.9 cm³/mol. The van der Waals surface area contributed by atoms with Crippen LogP contribution in [0.5, 0.6) is 0 Å². The van der Waals surface area contributed by atoms with Crippen molar-refractivity contribution in [1.82, 2.24) is 5.32 Å². The van der Waals surface area contributed by atoms with Crippen LogP contribution >= 0.6 is 0 Å². The third kappa shape index (κ3) is 5.42. The maximum absolute atomic E-state index is 11.8. The van der Waals surface area contributed by atoms with Gasteiger partial charge >= 0.3 is 0 Å². The quantitative estimate of drug-likeness (QED) is 0.791. The van der Waals surface area contributed by atoms with Gasteiger partial charge in [0.05, 0.1) is 0 Å². The molecule has 0 radical (unpaired) electrons. The van der Waals surface area contributed by atoms with E-state index >= 15 is 0 Å². The third-order valence-electron chi connectivity index (χ3n) is 2.67. The molecule has 0 saturated heterocycles. The van der Waals surface area contributed by atoms with Crippen LogP contribution in [0, 0.1) is 0 Å². The minimum atomic E-state index is -0.717. The normalized spacial score (nSPS) is 14.6. The van der Waals surface area contributed by atoms with E-state index in [1.165, 1.54) is 5.56 Å². The van der Waals surface area contributed by atoms with Gasteiger partial charge in [-0.25, -0.2) is 0 Å². The molecule has 0 bridgehead atoms. The molecular weight excluding hydrogens is 218 g/mol. The van der Waals surface area contributed by atoms with E-state index in [0.717, 1.165) is 18.6 Å². The van der Waals surface area contributed by atoms with E-state index in [4.69, 9.17) is 0 Å². The molecule has 0 spiro atoms. The molecule has 1 aromatic rings. The zero-order valence-corrected chi connectivity index (χ0v) is 10.9. The molecule has 2 atom stereocenters. The van der Waals surface area contributed by atoms with Crippen LogP contribution in [0.1, 0.15) is 25.3 Å². The average molecular weight is 239 g/mol. The highest BCUT2D eigenvalue weighted by atomic mass is 32.2. The minimum absolute atomic E-state index is 0.522. The maximum Gasteiger partial charge on any atom is 0.0485 e. The fourth-order valence-electron chi connectivity index (χ4n) is 1.53. The summed E-state index contributed by atoms with van der Waals surface area (Å²) in [6, 6.07) is 10.6. The Hall–Kier alpha value is -0.670. The number of nitrogens with one attached hydrogen (secondary N) is 1. The van der Waals surface area contributed by atoms with E-state index in [-0.39, 0.29) is 0 Å². The Balaban J connectivity index is 2.21. The topological polar surface area (TPSA) is 29.1 Å². The lowest BCUT2D eigenvalue weighted by molar-refractivity contribution is 0.557. The molecule has 0 amide bonds. The van der Waals surface area contributed by atoms with Crippen molar-refractivity contribution in [3.63, 3.8) is 0 Å². The van der Waals surface area contributed by atoms with E-state index in [2.05, 4.69) is 12.2 Å². The fraction of sp³-hybridized carbons (Fsp3) is 0.538. The molecule has 0 heterocycles. The monoisotopic (exact) mass is 239 g/mol. The summed E-state index contributed by atoms with van der Waals surface area (Å²) in [5, 5.41) is 3.19. The summed E-state index contributed by atoms with van der Waals surface area (Å²) < 4.78 is 11.8. The molecule has 3 heteroatoms. The second-order valence-electron chi connectivity index (χ2n) is 4.11. The molecule has 2 nitrogen and oxygen atoms in total. The lowest BCUT2D eigenvalue weighted by atomic mass is 10.2. The molecule has 1 rings (SSSR count). The first-order valence-corrected chi connectivity index (χ1v) is 7.27. The Morgan fingerprint density at radius 3 is 2.62 bits per heavy atom. The van der Waals surface area contributed by atoms with Gasteiger partial charge in [0.25, 0.3) is 0 Å². The zero-order chi connectivity index (χ0) is 11.8. The molecule has 0 saturated carbocycles. The Morgan fingerprint density at radius 2 is 2.00 bits per heavy atom. The second kappa shape index (κ2) is 7.58. The van der Waals surface area contributed by atoms with Gasteiger partial charge in [0.15, 0.2) is 0 Å². The number of hydrogen-bond donors (Lipinski definition) is 1. The SMILES string of the molecule is CNC(C)CCCS(=O)Cc1ccccc1. The van der Waals surface area contributed by atoms with Gasteiger partial charge in [0, 0.05) is 28.3 Å². The Bertz CT molecular complexity index is 313. The van der Waals surface area contributed by atoms with E-state index in [1.807, 2.05) is 37.4 Å². The molecule has 2 unspecified atom stereocenters. The van der Waals surface area contributed by atoms with Gasteiger partial charge in [-0.15, -0.1) is 0 Å². The van der Waals surface area contributed by atoms with Crippen molar-refractivity contribution in [2.75, 3.05) is 12.8 Å². The molecule has 0 aliphatic rings. The minimum Gasteiger partial charge on any atom is -0.317 e. The third-order valence-corrected chi connectivity index (χ3v) is 4.07. The van der Waals surface area contributed by atoms with Crippen LogP contribution in [0.3, 0.4) is 0 Å². The first-order chi connectivity index (χ1) is 7.72. The lowest BCUT2D eigenvalue weighted by Crippen LogP contribution is -2.21. The summed E-state index contributed by atoms with van der Waals surface area (Å²) in [6.07, 6.45) is 2.12. The number of hydrogen-bond acceptors (Lipinski definition) is 2. The number of benzene rings is 1. The van der Waals surface area contributed by atoms with Crippen molar-refractivity contribution in [3.05, 3.63) is 35.9 Å². The van der Waals surface area contributed by atoms with E-state index in [9.17, 15) is 4.21 Å². The summed E-state index contributed by atoms with van der Waals surface area (Å²) >= 11 is 0. The smallest absolute Gasteiger partial charge is 0.0485 e. The van der Waals surface area contributed by atoms with Crippen LogP contribution in [0.2, 0.25) is 0 Å². The van der Waals surface area contributed by atoms with Crippen molar-refractivity contribution >= 4 is 10.8 Å². The Kier molecular flexibility index (Phi) is 6.34. The van der Waals surface area contributed by atoms with Crippen LogP contribution in [-0.4, -0.2) is 23.1 Å². The van der Waals surface area contributed by atoms with Crippen LogP contribution in [0.4, 0.5) is 0 Å². The summed E-state index contributed by atoms with van der Waals surface area (Å²) in [4.78, 5) is 0. The Labute approximate surface area is 101 Å². The van der Waals surface area contributed by atoms with E-state index < -0.39 is 10.8 Å². The average Bonchev–Trinajstić information content (AvgIpc) is 2.30. The highest BCUT2D eigenvalue weighted by molar-refractivity contribution is 7.84. The van der Waals surface area contributed by atoms with Crippen LogP contribution in [-0.2, 0) is 16.6 Å². The molecule has 0 aliphatic carbocycles. The van der Waals surface area contributed by atoms with Gasteiger partial charge in [0.2, 0.25) is 0 Å². The van der Waals surface area contributed by atoms with E-state index in [0.29, 0.717) is 11.8 Å². The van der Waals surface area contributed by atoms with Crippen LogP contribution < -0.4 is 5.32 Å². The van der Waals surface area contributed by atoms with Crippen molar-refractivity contribution in [3.8, 4) is 0 Å². The lowest BCUT2D eigenvalue weighted by Gasteiger charge is -2.09. The maximum atomic E-state index is 11.8. The van der Waals surface area contributed by atoms with Crippen LogP contribution in [0.15, 0.2) is 30.3 Å². The van der Waals surface area contributed by atoms with Crippen molar-refractivity contribution in [2.45, 2.75) is 31.6 Å². The van der Waals surface area contributed by atoms with Gasteiger partial charge in [-0.2, -0.15) is 0 Å². The van der Waals surface area contributed by atoms with Gasteiger partial charge in [0.1, 0.15) is 0 Å². The van der Waals surface area contributed by atoms with E-state index in [1.54, 1.807) is 0 Å². The predicted octanol–water partition coefficient (Wildman–Crippen LogP) is 2.32. The fourth-order valence-corrected chi connectivity index (χ4v) is 2.72. The van der Waals surface area contributed by atoms with Crippen molar-refractivity contribution < 1.29 is 4.21 Å². The van der Waals surface area contributed by atoms with Gasteiger partial charge in [-0.05, 0) is 32.4 Å². The standard InChI is InChI=1S/C13H21NOS/c1-12(14-2)7-6-10-16(15)11-13-8-4-3-5-9-13/h3-5,8-9,12,14H,6-7,10-11H2,1-2H3. The zero-order valence-electron chi connectivity index (χ0n) is 10.1. The molecule has 90 valence electrons. The van der Waals surface area contributed by atoms with Crippen molar-refractivity contribution in [2.24, 2.45) is 0 Å². The molecule has 16 heavy (non-hydrogen) atoms. The van der Waals surface area contributed by atoms with Gasteiger partial charge < -0.3 is 5.32 Å². The number of rotatable bonds is 7. The summed E-state index contributed by atoms with van der Waals surface area (Å²) in [5.41, 5.74) is 1.17. The largest absolute Gasteiger partial charge is 0.317 e. The summed E-state index contributed by atoms with van der Waals surface area (Å²) in [5.74, 6) is 1.50.